The molecule has 1 N–H and O–H groups in total. The third-order valence-corrected chi connectivity index (χ3v) is 3.46. The Morgan fingerprint density at radius 2 is 2.35 bits per heavy atom. The van der Waals surface area contributed by atoms with Crippen LogP contribution in [0.4, 0.5) is 0 Å². The predicted molar refractivity (Wildman–Crippen MR) is 65.9 cm³/mol. The third kappa shape index (κ3) is 3.18. The van der Waals surface area contributed by atoms with Crippen molar-refractivity contribution >= 4 is 5.91 Å². The van der Waals surface area contributed by atoms with Gasteiger partial charge in [0.25, 0.3) is 0 Å². The number of likely N-dealkylation sites (N-methyl/N-ethyl adjacent to an activating group) is 1. The minimum Gasteiger partial charge on any atom is -0.378 e. The van der Waals surface area contributed by atoms with E-state index in [1.807, 2.05) is 4.90 Å². The molecule has 98 valence electrons. The molecule has 17 heavy (non-hydrogen) atoms. The van der Waals surface area contributed by atoms with E-state index in [-0.39, 0.29) is 11.9 Å². The first-order valence-electron chi connectivity index (χ1n) is 6.45. The summed E-state index contributed by atoms with van der Waals surface area (Å²) >= 11 is 0. The first kappa shape index (κ1) is 12.8. The van der Waals surface area contributed by atoms with Gasteiger partial charge < -0.3 is 19.9 Å². The molecular formula is C12H23N3O2. The fourth-order valence-electron chi connectivity index (χ4n) is 2.66. The van der Waals surface area contributed by atoms with Crippen molar-refractivity contribution in [2.24, 2.45) is 0 Å². The lowest BCUT2D eigenvalue weighted by Gasteiger charge is -2.32. The maximum Gasteiger partial charge on any atom is 0.242 e. The molecule has 2 aliphatic heterocycles. The van der Waals surface area contributed by atoms with Crippen LogP contribution in [-0.4, -0.2) is 74.7 Å². The van der Waals surface area contributed by atoms with Crippen molar-refractivity contribution in [2.75, 3.05) is 46.9 Å². The number of carbonyl (C=O) groups is 1. The van der Waals surface area contributed by atoms with Crippen molar-refractivity contribution in [3.8, 4) is 0 Å². The molecule has 0 bridgehead atoms. The molecule has 2 heterocycles. The molecule has 2 rings (SSSR count). The Morgan fingerprint density at radius 3 is 3.00 bits per heavy atom. The van der Waals surface area contributed by atoms with E-state index in [0.717, 1.165) is 32.5 Å². The second kappa shape index (κ2) is 5.80. The monoisotopic (exact) mass is 241 g/mol. The molecule has 0 aliphatic carbocycles. The molecule has 0 spiro atoms. The summed E-state index contributed by atoms with van der Waals surface area (Å²) in [5.41, 5.74) is 0. The molecule has 0 aromatic carbocycles. The zero-order valence-electron chi connectivity index (χ0n) is 10.8. The van der Waals surface area contributed by atoms with Crippen molar-refractivity contribution in [3.63, 3.8) is 0 Å². The third-order valence-electron chi connectivity index (χ3n) is 3.46. The number of hydrogen-bond donors (Lipinski definition) is 1. The topological polar surface area (TPSA) is 44.8 Å². The second-order valence-electron chi connectivity index (χ2n) is 5.17. The van der Waals surface area contributed by atoms with Crippen LogP contribution in [0.25, 0.3) is 0 Å². The second-order valence-corrected chi connectivity index (χ2v) is 5.17. The molecule has 2 fully saturated rings. The van der Waals surface area contributed by atoms with E-state index in [1.54, 1.807) is 0 Å². The maximum absolute atomic E-state index is 12.4. The highest BCUT2D eigenvalue weighted by molar-refractivity contribution is 5.82. The van der Waals surface area contributed by atoms with Gasteiger partial charge in [-0.15, -0.1) is 0 Å². The first-order valence-corrected chi connectivity index (χ1v) is 6.45. The van der Waals surface area contributed by atoms with Crippen LogP contribution in [-0.2, 0) is 9.53 Å². The number of morpholine rings is 1. The van der Waals surface area contributed by atoms with Gasteiger partial charge in [-0.2, -0.15) is 0 Å². The lowest BCUT2D eigenvalue weighted by atomic mass is 10.2. The van der Waals surface area contributed by atoms with Crippen molar-refractivity contribution in [1.29, 1.82) is 0 Å². The lowest BCUT2D eigenvalue weighted by molar-refractivity contribution is -0.137. The number of likely N-dealkylation sites (tertiary alicyclic amines) is 1. The van der Waals surface area contributed by atoms with Crippen LogP contribution >= 0.6 is 0 Å². The molecule has 0 aromatic heterocycles. The SMILES string of the molecule is CN(C)CC1CCCN1C(=O)C1COCCN1. The van der Waals surface area contributed by atoms with Crippen molar-refractivity contribution in [1.82, 2.24) is 15.1 Å². The maximum atomic E-state index is 12.4. The normalized spacial score (nSPS) is 29.9. The van der Waals surface area contributed by atoms with Gasteiger partial charge in [0.15, 0.2) is 0 Å². The van der Waals surface area contributed by atoms with Gasteiger partial charge in [-0.3, -0.25) is 4.79 Å². The highest BCUT2D eigenvalue weighted by atomic mass is 16.5. The Kier molecular flexibility index (Phi) is 4.36. The highest BCUT2D eigenvalue weighted by Gasteiger charge is 2.33. The summed E-state index contributed by atoms with van der Waals surface area (Å²) < 4.78 is 5.36. The molecule has 0 radical (unpaired) electrons. The van der Waals surface area contributed by atoms with Gasteiger partial charge in [-0.25, -0.2) is 0 Å². The van der Waals surface area contributed by atoms with Crippen molar-refractivity contribution in [2.45, 2.75) is 24.9 Å². The largest absolute Gasteiger partial charge is 0.378 e. The Hall–Kier alpha value is -0.650. The fraction of sp³-hybridized carbons (Fsp3) is 0.917. The standard InChI is InChI=1S/C12H23N3O2/c1-14(2)8-10-4-3-6-15(10)12(16)11-9-17-7-5-13-11/h10-11,13H,3-9H2,1-2H3. The van der Waals surface area contributed by atoms with Gasteiger partial charge in [0.2, 0.25) is 5.91 Å². The highest BCUT2D eigenvalue weighted by Crippen LogP contribution is 2.19. The molecule has 1 amide bonds. The Balaban J connectivity index is 1.92. The molecule has 2 aliphatic rings. The van der Waals surface area contributed by atoms with Crippen LogP contribution in [0.15, 0.2) is 0 Å². The summed E-state index contributed by atoms with van der Waals surface area (Å²) in [6.07, 6.45) is 2.25. The van der Waals surface area contributed by atoms with Gasteiger partial charge in [0, 0.05) is 25.7 Å². The summed E-state index contributed by atoms with van der Waals surface area (Å²) in [7, 11) is 4.12. The summed E-state index contributed by atoms with van der Waals surface area (Å²) in [5, 5.41) is 3.24. The minimum atomic E-state index is -0.133. The number of amides is 1. The Morgan fingerprint density at radius 1 is 1.53 bits per heavy atom. The summed E-state index contributed by atoms with van der Waals surface area (Å²) in [4.78, 5) is 16.5. The number of nitrogens with one attached hydrogen (secondary N) is 1. The smallest absolute Gasteiger partial charge is 0.242 e. The zero-order chi connectivity index (χ0) is 12.3. The van der Waals surface area contributed by atoms with E-state index in [9.17, 15) is 4.79 Å². The molecule has 2 unspecified atom stereocenters. The summed E-state index contributed by atoms with van der Waals surface area (Å²) in [6, 6.07) is 0.243. The van der Waals surface area contributed by atoms with Crippen LogP contribution in [0.3, 0.4) is 0 Å². The van der Waals surface area contributed by atoms with Gasteiger partial charge in [0.1, 0.15) is 6.04 Å². The number of carbonyl (C=O) groups excluding carboxylic acids is 1. The van der Waals surface area contributed by atoms with E-state index in [4.69, 9.17) is 4.74 Å². The van der Waals surface area contributed by atoms with E-state index < -0.39 is 0 Å². The Bertz CT molecular complexity index is 264. The van der Waals surface area contributed by atoms with Crippen LogP contribution in [0.5, 0.6) is 0 Å². The van der Waals surface area contributed by atoms with Crippen LogP contribution in [0.1, 0.15) is 12.8 Å². The first-order chi connectivity index (χ1) is 8.18. The molecule has 0 aromatic rings. The Labute approximate surface area is 103 Å². The summed E-state index contributed by atoms with van der Waals surface area (Å²) in [6.45, 7) is 3.87. The molecular weight excluding hydrogens is 218 g/mol. The minimum absolute atomic E-state index is 0.133. The van der Waals surface area contributed by atoms with Crippen LogP contribution < -0.4 is 5.32 Å². The number of rotatable bonds is 3. The number of ether oxygens (including phenoxy) is 1. The van der Waals surface area contributed by atoms with Crippen molar-refractivity contribution < 1.29 is 9.53 Å². The molecule has 5 nitrogen and oxygen atoms in total. The molecule has 2 atom stereocenters. The summed E-state index contributed by atoms with van der Waals surface area (Å²) in [5.74, 6) is 0.217. The zero-order valence-corrected chi connectivity index (χ0v) is 10.8. The molecule has 5 heteroatoms. The fourth-order valence-corrected chi connectivity index (χ4v) is 2.66. The average molecular weight is 241 g/mol. The van der Waals surface area contributed by atoms with Gasteiger partial charge in [0.05, 0.1) is 13.2 Å². The predicted octanol–water partition coefficient (Wildman–Crippen LogP) is -0.473. The quantitative estimate of drug-likeness (QED) is 0.725. The van der Waals surface area contributed by atoms with Crippen molar-refractivity contribution in [3.05, 3.63) is 0 Å². The van der Waals surface area contributed by atoms with Crippen LogP contribution in [0, 0.1) is 0 Å². The van der Waals surface area contributed by atoms with Gasteiger partial charge in [-0.1, -0.05) is 0 Å². The average Bonchev–Trinajstić information content (AvgIpc) is 2.76. The van der Waals surface area contributed by atoms with E-state index in [1.165, 1.54) is 0 Å². The van der Waals surface area contributed by atoms with Gasteiger partial charge in [-0.05, 0) is 26.9 Å². The van der Waals surface area contributed by atoms with E-state index >= 15 is 0 Å². The molecule has 0 saturated carbocycles. The number of hydrogen-bond acceptors (Lipinski definition) is 4. The lowest BCUT2D eigenvalue weighted by Crippen LogP contribution is -2.54. The van der Waals surface area contributed by atoms with Crippen LogP contribution in [0.2, 0.25) is 0 Å². The van der Waals surface area contributed by atoms with E-state index in [0.29, 0.717) is 19.3 Å². The molecule has 2 saturated heterocycles. The van der Waals surface area contributed by atoms with Gasteiger partial charge >= 0.3 is 0 Å². The van der Waals surface area contributed by atoms with E-state index in [2.05, 4.69) is 24.3 Å². The number of nitrogens with zero attached hydrogens (tertiary/aromatic N) is 2.